The third kappa shape index (κ3) is 4.93. The lowest BCUT2D eigenvalue weighted by atomic mass is 10.1. The number of benzene rings is 1. The normalized spacial score (nSPS) is 10.6. The molecule has 0 bridgehead atoms. The van der Waals surface area contributed by atoms with Crippen molar-refractivity contribution in [3.8, 4) is 0 Å². The van der Waals surface area contributed by atoms with Crippen LogP contribution in [0.2, 0.25) is 0 Å². The molecule has 0 aliphatic rings. The van der Waals surface area contributed by atoms with E-state index in [1.54, 1.807) is 11.9 Å². The molecule has 1 aromatic carbocycles. The van der Waals surface area contributed by atoms with E-state index < -0.39 is 10.7 Å². The van der Waals surface area contributed by atoms with Crippen LogP contribution in [0.4, 0.5) is 10.1 Å². The number of hydrogen-bond donors (Lipinski definition) is 0. The molecule has 7 heteroatoms. The van der Waals surface area contributed by atoms with Gasteiger partial charge in [-0.1, -0.05) is 0 Å². The van der Waals surface area contributed by atoms with Crippen LogP contribution in [0.5, 0.6) is 0 Å². The van der Waals surface area contributed by atoms with Crippen LogP contribution < -0.4 is 0 Å². The van der Waals surface area contributed by atoms with Crippen molar-refractivity contribution in [3.63, 3.8) is 0 Å². The van der Waals surface area contributed by atoms with E-state index in [4.69, 9.17) is 0 Å². The van der Waals surface area contributed by atoms with Crippen molar-refractivity contribution < 1.29 is 18.8 Å². The third-order valence-electron chi connectivity index (χ3n) is 2.83. The van der Waals surface area contributed by atoms with E-state index in [2.05, 4.69) is 4.74 Å². The summed E-state index contributed by atoms with van der Waals surface area (Å²) in [7, 11) is 3.08. The van der Waals surface area contributed by atoms with Crippen molar-refractivity contribution in [3.05, 3.63) is 39.7 Å². The first-order valence-corrected chi connectivity index (χ1v) is 6.12. The average molecular weight is 284 g/mol. The minimum absolute atomic E-state index is 0.105. The van der Waals surface area contributed by atoms with Gasteiger partial charge in [-0.25, -0.2) is 4.39 Å². The first kappa shape index (κ1) is 16.0. The van der Waals surface area contributed by atoms with Gasteiger partial charge in [0.2, 0.25) is 0 Å². The summed E-state index contributed by atoms with van der Waals surface area (Å²) in [6, 6.07) is 3.39. The maximum atomic E-state index is 13.2. The fourth-order valence-electron chi connectivity index (χ4n) is 1.82. The highest BCUT2D eigenvalue weighted by Crippen LogP contribution is 2.20. The monoisotopic (exact) mass is 284 g/mol. The molecule has 0 aliphatic heterocycles. The Balaban J connectivity index is 2.61. The molecule has 0 N–H and O–H groups in total. The minimum Gasteiger partial charge on any atom is -0.469 e. The second kappa shape index (κ2) is 7.54. The number of methoxy groups -OCH3 is 1. The smallest absolute Gasteiger partial charge is 0.305 e. The maximum absolute atomic E-state index is 13.2. The summed E-state index contributed by atoms with van der Waals surface area (Å²) in [6.07, 6.45) is 0.859. The standard InChI is InChI=1S/C13H17FN2O4/c1-15(7-3-4-13(17)20-2)9-10-8-11(14)5-6-12(10)16(18)19/h5-6,8H,3-4,7,9H2,1-2H3. The summed E-state index contributed by atoms with van der Waals surface area (Å²) in [5.41, 5.74) is 0.210. The van der Waals surface area contributed by atoms with Crippen molar-refractivity contribution in [2.45, 2.75) is 19.4 Å². The number of nitrogens with zero attached hydrogens (tertiary/aromatic N) is 2. The first-order chi connectivity index (χ1) is 9.43. The van der Waals surface area contributed by atoms with Crippen molar-refractivity contribution in [1.82, 2.24) is 4.90 Å². The van der Waals surface area contributed by atoms with Gasteiger partial charge in [0.05, 0.1) is 12.0 Å². The molecule has 0 fully saturated rings. The molecule has 6 nitrogen and oxygen atoms in total. The SMILES string of the molecule is COC(=O)CCCN(C)Cc1cc(F)ccc1[N+](=O)[O-]. The number of nitro benzene ring substituents is 1. The summed E-state index contributed by atoms with van der Waals surface area (Å²) in [4.78, 5) is 23.1. The van der Waals surface area contributed by atoms with Crippen molar-refractivity contribution >= 4 is 11.7 Å². The van der Waals surface area contributed by atoms with Crippen LogP contribution >= 0.6 is 0 Å². The molecule has 0 radical (unpaired) electrons. The summed E-state index contributed by atoms with van der Waals surface area (Å²) in [6.45, 7) is 0.804. The van der Waals surface area contributed by atoms with Crippen LogP contribution in [0.15, 0.2) is 18.2 Å². The van der Waals surface area contributed by atoms with Gasteiger partial charge in [0.1, 0.15) is 5.82 Å². The molecule has 20 heavy (non-hydrogen) atoms. The predicted molar refractivity (Wildman–Crippen MR) is 70.6 cm³/mol. The number of hydrogen-bond acceptors (Lipinski definition) is 5. The van der Waals surface area contributed by atoms with E-state index >= 15 is 0 Å². The largest absolute Gasteiger partial charge is 0.469 e. The van der Waals surface area contributed by atoms with Gasteiger partial charge >= 0.3 is 5.97 Å². The lowest BCUT2D eigenvalue weighted by molar-refractivity contribution is -0.385. The molecule has 1 aromatic rings. The van der Waals surface area contributed by atoms with Crippen LogP contribution in [-0.4, -0.2) is 36.5 Å². The van der Waals surface area contributed by atoms with Crippen LogP contribution in [0.3, 0.4) is 0 Å². The van der Waals surface area contributed by atoms with Crippen molar-refractivity contribution in [2.75, 3.05) is 20.7 Å². The average Bonchev–Trinajstić information content (AvgIpc) is 2.38. The zero-order valence-corrected chi connectivity index (χ0v) is 11.5. The molecule has 0 saturated carbocycles. The molecule has 0 spiro atoms. The number of rotatable bonds is 7. The van der Waals surface area contributed by atoms with E-state index in [1.165, 1.54) is 7.11 Å². The van der Waals surface area contributed by atoms with E-state index in [1.807, 2.05) is 0 Å². The number of halogens is 1. The number of carbonyl (C=O) groups excluding carboxylic acids is 1. The highest BCUT2D eigenvalue weighted by atomic mass is 19.1. The molecule has 1 rings (SSSR count). The van der Waals surface area contributed by atoms with Gasteiger partial charge in [-0.3, -0.25) is 14.9 Å². The van der Waals surface area contributed by atoms with Crippen LogP contribution in [0, 0.1) is 15.9 Å². The Bertz CT molecular complexity index is 493. The predicted octanol–water partition coefficient (Wildman–Crippen LogP) is 2.12. The number of nitro groups is 1. The van der Waals surface area contributed by atoms with Gasteiger partial charge < -0.3 is 9.64 Å². The summed E-state index contributed by atoms with van der Waals surface area (Å²) < 4.78 is 17.7. The zero-order chi connectivity index (χ0) is 15.1. The summed E-state index contributed by atoms with van der Waals surface area (Å²) in [5, 5.41) is 10.9. The molecule has 0 saturated heterocycles. The van der Waals surface area contributed by atoms with Gasteiger partial charge in [-0.05, 0) is 32.1 Å². The molecular formula is C13H17FN2O4. The molecule has 0 heterocycles. The second-order valence-electron chi connectivity index (χ2n) is 4.45. The Morgan fingerprint density at radius 1 is 1.50 bits per heavy atom. The van der Waals surface area contributed by atoms with Crippen LogP contribution in [0.25, 0.3) is 0 Å². The Kier molecular flexibility index (Phi) is 6.05. The van der Waals surface area contributed by atoms with E-state index in [0.717, 1.165) is 18.2 Å². The Morgan fingerprint density at radius 2 is 2.20 bits per heavy atom. The Labute approximate surface area is 116 Å². The fraction of sp³-hybridized carbons (Fsp3) is 0.462. The molecule has 0 atom stereocenters. The number of carbonyl (C=O) groups is 1. The summed E-state index contributed by atoms with van der Waals surface area (Å²) in [5.74, 6) is -0.802. The Morgan fingerprint density at radius 3 is 2.80 bits per heavy atom. The van der Waals surface area contributed by atoms with Crippen LogP contribution in [0.1, 0.15) is 18.4 Å². The number of ether oxygens (including phenoxy) is 1. The first-order valence-electron chi connectivity index (χ1n) is 6.12. The highest BCUT2D eigenvalue weighted by molar-refractivity contribution is 5.69. The molecule has 0 unspecified atom stereocenters. The molecule has 110 valence electrons. The maximum Gasteiger partial charge on any atom is 0.305 e. The second-order valence-corrected chi connectivity index (χ2v) is 4.45. The van der Waals surface area contributed by atoms with E-state index in [0.29, 0.717) is 18.5 Å². The number of esters is 1. The lowest BCUT2D eigenvalue weighted by Crippen LogP contribution is -2.20. The minimum atomic E-state index is -0.531. The molecular weight excluding hydrogens is 267 g/mol. The van der Waals surface area contributed by atoms with Crippen molar-refractivity contribution in [2.24, 2.45) is 0 Å². The molecule has 0 aromatic heterocycles. The van der Waals surface area contributed by atoms with Crippen molar-refractivity contribution in [1.29, 1.82) is 0 Å². The highest BCUT2D eigenvalue weighted by Gasteiger charge is 2.16. The summed E-state index contributed by atoms with van der Waals surface area (Å²) >= 11 is 0. The fourth-order valence-corrected chi connectivity index (χ4v) is 1.82. The van der Waals surface area contributed by atoms with Gasteiger partial charge in [0.25, 0.3) is 5.69 Å². The lowest BCUT2D eigenvalue weighted by Gasteiger charge is -2.16. The quantitative estimate of drug-likeness (QED) is 0.435. The van der Waals surface area contributed by atoms with E-state index in [-0.39, 0.29) is 24.6 Å². The van der Waals surface area contributed by atoms with Gasteiger partial charge in [-0.2, -0.15) is 0 Å². The van der Waals surface area contributed by atoms with Gasteiger partial charge in [-0.15, -0.1) is 0 Å². The van der Waals surface area contributed by atoms with E-state index in [9.17, 15) is 19.3 Å². The third-order valence-corrected chi connectivity index (χ3v) is 2.83. The molecule has 0 aliphatic carbocycles. The van der Waals surface area contributed by atoms with Gasteiger partial charge in [0.15, 0.2) is 0 Å². The topological polar surface area (TPSA) is 72.7 Å². The van der Waals surface area contributed by atoms with Crippen LogP contribution in [-0.2, 0) is 16.1 Å². The zero-order valence-electron chi connectivity index (χ0n) is 11.5. The van der Waals surface area contributed by atoms with Gasteiger partial charge in [0, 0.05) is 24.6 Å². The molecule has 0 amide bonds. The Hall–Kier alpha value is -2.02.